The normalized spacial score (nSPS) is 13.9. The van der Waals surface area contributed by atoms with E-state index in [-0.39, 0.29) is 22.3 Å². The minimum atomic E-state index is -1.51. The van der Waals surface area contributed by atoms with Crippen LogP contribution < -0.4 is 0 Å². The van der Waals surface area contributed by atoms with Crippen molar-refractivity contribution in [1.82, 2.24) is 4.90 Å². The van der Waals surface area contributed by atoms with Crippen molar-refractivity contribution in [2.24, 2.45) is 0 Å². The van der Waals surface area contributed by atoms with Crippen LogP contribution in [0.1, 0.15) is 34.6 Å². The minimum Gasteiger partial charge on any atom is -0.668 e. The van der Waals surface area contributed by atoms with Crippen LogP contribution in [-0.4, -0.2) is 55.8 Å². The molecule has 0 saturated heterocycles. The second kappa shape index (κ2) is 10.5. The molecule has 0 amide bonds. The summed E-state index contributed by atoms with van der Waals surface area (Å²) in [6.45, 7) is 31.0. The Bertz CT molecular complexity index is 353. The zero-order chi connectivity index (χ0) is 20.2. The average molecular weight is 449 g/mol. The molecule has 1 radical (unpaired) electrons. The summed E-state index contributed by atoms with van der Waals surface area (Å²) < 4.78 is 4.82. The Morgan fingerprint density at radius 3 is 1.20 bits per heavy atom. The van der Waals surface area contributed by atoms with Crippen LogP contribution >= 0.6 is 0 Å². The molecule has 0 fully saturated rings. The maximum Gasteiger partial charge on any atom is 2.00 e. The quantitative estimate of drug-likeness (QED) is 0.414. The monoisotopic (exact) mass is 448 g/mol. The van der Waals surface area contributed by atoms with Crippen molar-refractivity contribution in [3.63, 3.8) is 0 Å². The summed E-state index contributed by atoms with van der Waals surface area (Å²) in [5, 5.41) is 0.344. The van der Waals surface area contributed by atoms with Gasteiger partial charge in [-0.25, -0.2) is 0 Å². The van der Waals surface area contributed by atoms with E-state index >= 15 is 0 Å². The van der Waals surface area contributed by atoms with Crippen molar-refractivity contribution in [1.29, 1.82) is 0 Å². The molecule has 0 N–H and O–H groups in total. The van der Waals surface area contributed by atoms with Gasteiger partial charge in [-0.15, -0.1) is 5.54 Å². The molecule has 0 aromatic rings. The molecule has 0 aromatic heterocycles. The topological polar surface area (TPSA) is 31.4 Å². The van der Waals surface area contributed by atoms with Gasteiger partial charge >= 0.3 is 16.8 Å². The van der Waals surface area contributed by atoms with E-state index in [1.807, 2.05) is 0 Å². The van der Waals surface area contributed by atoms with Gasteiger partial charge < -0.3 is 14.5 Å². The van der Waals surface area contributed by atoms with Gasteiger partial charge in [0.2, 0.25) is 0 Å². The summed E-state index contributed by atoms with van der Waals surface area (Å²) in [7, 11) is 0.507. The van der Waals surface area contributed by atoms with Crippen molar-refractivity contribution in [3.8, 4) is 0 Å². The molecule has 3 nitrogen and oxygen atoms in total. The third kappa shape index (κ3) is 18.2. The van der Waals surface area contributed by atoms with Crippen molar-refractivity contribution in [2.75, 3.05) is 20.6 Å². The molecule has 25 heavy (non-hydrogen) atoms. The molecule has 0 heterocycles. The van der Waals surface area contributed by atoms with Gasteiger partial charge in [-0.1, -0.05) is 117 Å². The van der Waals surface area contributed by atoms with Crippen molar-refractivity contribution in [3.05, 3.63) is 9.63 Å². The van der Waals surface area contributed by atoms with Crippen molar-refractivity contribution < 1.29 is 16.8 Å². The summed E-state index contributed by atoms with van der Waals surface area (Å²) in [4.78, 5) is 7.37. The molecular formula is C18H47CoN3Si3. The summed E-state index contributed by atoms with van der Waals surface area (Å²) >= 11 is 0. The second-order valence-electron chi connectivity index (χ2n) is 11.4. The van der Waals surface area contributed by atoms with Gasteiger partial charge in [0.15, 0.2) is 0 Å². The Morgan fingerprint density at radius 2 is 1.04 bits per heavy atom. The van der Waals surface area contributed by atoms with E-state index in [0.29, 0.717) is 5.04 Å². The minimum absolute atomic E-state index is 0. The van der Waals surface area contributed by atoms with Gasteiger partial charge in [0.1, 0.15) is 0 Å². The average Bonchev–Trinajstić information content (AvgIpc) is 2.03. The summed E-state index contributed by atoms with van der Waals surface area (Å²) in [5.41, 5.74) is 0.0759. The second-order valence-corrected chi connectivity index (χ2v) is 25.8. The molecule has 7 heteroatoms. The summed E-state index contributed by atoms with van der Waals surface area (Å²) in [6, 6.07) is 0. The molecule has 0 aliphatic rings. The van der Waals surface area contributed by atoms with Crippen molar-refractivity contribution in [2.45, 2.75) is 97.6 Å². The molecule has 0 saturated carbocycles. The zero-order valence-electron chi connectivity index (χ0n) is 19.9. The molecule has 0 aromatic carbocycles. The van der Waals surface area contributed by atoms with Crippen LogP contribution in [-0.2, 0) is 16.8 Å². The van der Waals surface area contributed by atoms with E-state index in [1.165, 1.54) is 0 Å². The summed E-state index contributed by atoms with van der Waals surface area (Å²) in [5.74, 6) is 0. The fraction of sp³-hybridized carbons (Fsp3) is 1.00. The maximum atomic E-state index is 5.15. The first kappa shape index (κ1) is 30.8. The number of nitrogens with zero attached hydrogens (tertiary/aromatic N) is 3. The van der Waals surface area contributed by atoms with Crippen LogP contribution in [0.3, 0.4) is 0 Å². The fourth-order valence-corrected chi connectivity index (χ4v) is 12.7. The Labute approximate surface area is 174 Å². The molecule has 0 aliphatic carbocycles. The van der Waals surface area contributed by atoms with E-state index in [1.54, 1.807) is 0 Å². The van der Waals surface area contributed by atoms with Crippen LogP contribution in [0.2, 0.25) is 57.4 Å². The first-order valence-electron chi connectivity index (χ1n) is 9.21. The smallest absolute Gasteiger partial charge is 0.668 e. The van der Waals surface area contributed by atoms with Crippen LogP contribution in [0.4, 0.5) is 0 Å². The molecule has 0 bridgehead atoms. The van der Waals surface area contributed by atoms with Crippen LogP contribution in [0.5, 0.6) is 0 Å². The predicted octanol–water partition coefficient (Wildman–Crippen LogP) is 6.73. The Hall–Kier alpha value is 1.04. The van der Waals surface area contributed by atoms with E-state index in [0.717, 1.165) is 6.54 Å². The SMILES string of the molecule is CN(C)CC(C)(C)[N-][Si](C)(C)C(C)(C)C.C[Si](C)(C)[N-][Si](C)(C)C.[Co+2]. The maximum absolute atomic E-state index is 5.15. The molecule has 0 unspecified atom stereocenters. The van der Waals surface area contributed by atoms with Crippen LogP contribution in [0.15, 0.2) is 0 Å². The molecular weight excluding hydrogens is 401 g/mol. The molecule has 0 rings (SSSR count). The van der Waals surface area contributed by atoms with E-state index in [2.05, 4.69) is 106 Å². The first-order valence-corrected chi connectivity index (χ1v) is 19.1. The largest absolute Gasteiger partial charge is 2.00 e. The molecule has 0 spiro atoms. The molecule has 155 valence electrons. The number of hydrogen-bond donors (Lipinski definition) is 0. The third-order valence-corrected chi connectivity index (χ3v) is 14.0. The van der Waals surface area contributed by atoms with Gasteiger partial charge in [0.05, 0.1) is 0 Å². The summed E-state index contributed by atoms with van der Waals surface area (Å²) in [6.07, 6.45) is 0. The number of rotatable bonds is 6. The third-order valence-electron chi connectivity index (χ3n) is 3.79. The predicted molar refractivity (Wildman–Crippen MR) is 123 cm³/mol. The number of likely N-dealkylation sites (N-methyl/N-ethyl adjacent to an activating group) is 1. The van der Waals surface area contributed by atoms with E-state index in [9.17, 15) is 0 Å². The van der Waals surface area contributed by atoms with Gasteiger partial charge in [0, 0.05) is 0 Å². The van der Waals surface area contributed by atoms with Crippen molar-refractivity contribution >= 4 is 24.7 Å². The van der Waals surface area contributed by atoms with Gasteiger partial charge in [-0.05, 0) is 20.6 Å². The van der Waals surface area contributed by atoms with Gasteiger partial charge in [-0.2, -0.15) is 0 Å². The van der Waals surface area contributed by atoms with E-state index in [4.69, 9.17) is 9.63 Å². The van der Waals surface area contributed by atoms with E-state index < -0.39 is 24.7 Å². The van der Waals surface area contributed by atoms with Crippen LogP contribution in [0, 0.1) is 0 Å². The Kier molecular flexibility index (Phi) is 13.0. The molecule has 0 aliphatic heterocycles. The first-order chi connectivity index (χ1) is 10.1. The van der Waals surface area contributed by atoms with Gasteiger partial charge in [0.25, 0.3) is 0 Å². The Balaban J connectivity index is -0.000000418. The van der Waals surface area contributed by atoms with Crippen LogP contribution in [0.25, 0.3) is 9.63 Å². The zero-order valence-corrected chi connectivity index (χ0v) is 23.9. The Morgan fingerprint density at radius 1 is 0.720 bits per heavy atom. The molecule has 0 atom stereocenters. The number of hydrogen-bond acceptors (Lipinski definition) is 1. The van der Waals surface area contributed by atoms with Gasteiger partial charge in [-0.3, -0.25) is 0 Å². The standard InChI is InChI=1S/C12H29N2Si.C6H18NSi2.Co/c1-11(2,3)15(8,9)13-12(4,5)10-14(6)7;1-8(2,3)7-9(4,5)6;/h10H2,1-9H3;1-6H3;/q2*-1;+2. The fourth-order valence-electron chi connectivity index (χ4n) is 2.74.